The van der Waals surface area contributed by atoms with Crippen molar-refractivity contribution in [2.45, 2.75) is 51.5 Å². The third kappa shape index (κ3) is 2.07. The van der Waals surface area contributed by atoms with E-state index in [0.717, 1.165) is 17.9 Å². The van der Waals surface area contributed by atoms with Gasteiger partial charge < -0.3 is 4.90 Å². The molecule has 0 bridgehead atoms. The highest BCUT2D eigenvalue weighted by Gasteiger charge is 2.31. The number of hydrogen-bond acceptors (Lipinski definition) is 1. The Bertz CT molecular complexity index is 167. The first-order valence-electron chi connectivity index (χ1n) is 5.97. The zero-order valence-corrected chi connectivity index (χ0v) is 9.13. The molecule has 2 rings (SSSR count). The maximum Gasteiger partial charge on any atom is 0.0121 e. The Labute approximate surface area is 82.5 Å². The molecule has 3 atom stereocenters. The normalized spacial score (nSPS) is 42.5. The van der Waals surface area contributed by atoms with Crippen LogP contribution in [0.2, 0.25) is 0 Å². The Morgan fingerprint density at radius 1 is 1.00 bits per heavy atom. The molecule has 0 aromatic carbocycles. The molecule has 13 heavy (non-hydrogen) atoms. The van der Waals surface area contributed by atoms with Crippen molar-refractivity contribution in [3.63, 3.8) is 0 Å². The molecule has 0 aromatic rings. The lowest BCUT2D eigenvalue weighted by Gasteiger charge is -2.36. The van der Waals surface area contributed by atoms with Gasteiger partial charge >= 0.3 is 0 Å². The SMILES string of the molecule is CC1CCC2CCCCC2N(C)C1. The van der Waals surface area contributed by atoms with Crippen LogP contribution in [0.4, 0.5) is 0 Å². The molecule has 1 heteroatoms. The van der Waals surface area contributed by atoms with E-state index in [1.165, 1.54) is 45.1 Å². The first-order chi connectivity index (χ1) is 6.27. The highest BCUT2D eigenvalue weighted by molar-refractivity contribution is 4.85. The maximum atomic E-state index is 2.64. The summed E-state index contributed by atoms with van der Waals surface area (Å²) >= 11 is 0. The molecule has 76 valence electrons. The molecule has 2 aliphatic rings. The van der Waals surface area contributed by atoms with Crippen molar-refractivity contribution in [3.05, 3.63) is 0 Å². The van der Waals surface area contributed by atoms with Gasteiger partial charge in [-0.15, -0.1) is 0 Å². The van der Waals surface area contributed by atoms with Gasteiger partial charge in [0, 0.05) is 12.6 Å². The zero-order valence-electron chi connectivity index (χ0n) is 9.13. The Kier molecular flexibility index (Phi) is 2.92. The Morgan fingerprint density at radius 2 is 1.77 bits per heavy atom. The van der Waals surface area contributed by atoms with Crippen LogP contribution in [0.15, 0.2) is 0 Å². The van der Waals surface area contributed by atoms with Crippen LogP contribution in [0.5, 0.6) is 0 Å². The smallest absolute Gasteiger partial charge is 0.0121 e. The zero-order chi connectivity index (χ0) is 9.26. The van der Waals surface area contributed by atoms with Crippen LogP contribution < -0.4 is 0 Å². The van der Waals surface area contributed by atoms with Crippen molar-refractivity contribution in [2.75, 3.05) is 13.6 Å². The lowest BCUT2D eigenvalue weighted by Crippen LogP contribution is -2.39. The third-order valence-corrected chi connectivity index (χ3v) is 4.07. The molecule has 1 heterocycles. The molecule has 0 spiro atoms. The van der Waals surface area contributed by atoms with Gasteiger partial charge in [0.25, 0.3) is 0 Å². The predicted molar refractivity (Wildman–Crippen MR) is 56.8 cm³/mol. The van der Waals surface area contributed by atoms with Crippen LogP contribution in [0, 0.1) is 11.8 Å². The van der Waals surface area contributed by atoms with Crippen LogP contribution >= 0.6 is 0 Å². The van der Waals surface area contributed by atoms with Crippen molar-refractivity contribution >= 4 is 0 Å². The molecule has 1 aliphatic heterocycles. The van der Waals surface area contributed by atoms with Crippen molar-refractivity contribution in [2.24, 2.45) is 11.8 Å². The molecular formula is C12H23N. The summed E-state index contributed by atoms with van der Waals surface area (Å²) in [5, 5.41) is 0. The van der Waals surface area contributed by atoms with Crippen molar-refractivity contribution in [1.82, 2.24) is 4.90 Å². The summed E-state index contributed by atoms with van der Waals surface area (Å²) in [6.45, 7) is 3.75. The van der Waals surface area contributed by atoms with Gasteiger partial charge in [-0.3, -0.25) is 0 Å². The van der Waals surface area contributed by atoms with Crippen molar-refractivity contribution < 1.29 is 0 Å². The minimum absolute atomic E-state index is 0.926. The molecule has 1 saturated heterocycles. The number of likely N-dealkylation sites (tertiary alicyclic amines) is 1. The molecule has 0 aromatic heterocycles. The highest BCUT2D eigenvalue weighted by atomic mass is 15.1. The monoisotopic (exact) mass is 181 g/mol. The van der Waals surface area contributed by atoms with Gasteiger partial charge in [-0.25, -0.2) is 0 Å². The lowest BCUT2D eigenvalue weighted by molar-refractivity contribution is 0.138. The summed E-state index contributed by atoms with van der Waals surface area (Å²) < 4.78 is 0. The summed E-state index contributed by atoms with van der Waals surface area (Å²) in [5.74, 6) is 1.96. The van der Waals surface area contributed by atoms with E-state index in [4.69, 9.17) is 0 Å². The molecule has 3 unspecified atom stereocenters. The second kappa shape index (κ2) is 4.00. The summed E-state index contributed by atoms with van der Waals surface area (Å²) in [6.07, 6.45) is 8.89. The average Bonchev–Trinajstić information content (AvgIpc) is 2.27. The second-order valence-corrected chi connectivity index (χ2v) is 5.23. The third-order valence-electron chi connectivity index (χ3n) is 4.07. The summed E-state index contributed by atoms with van der Waals surface area (Å²) in [6, 6.07) is 0.929. The molecule has 0 radical (unpaired) electrons. The fraction of sp³-hybridized carbons (Fsp3) is 1.00. The molecule has 1 nitrogen and oxygen atoms in total. The van der Waals surface area contributed by atoms with E-state index in [-0.39, 0.29) is 0 Å². The number of hydrogen-bond donors (Lipinski definition) is 0. The molecule has 2 fully saturated rings. The maximum absolute atomic E-state index is 2.64. The number of rotatable bonds is 0. The largest absolute Gasteiger partial charge is 0.303 e. The van der Waals surface area contributed by atoms with E-state index >= 15 is 0 Å². The molecular weight excluding hydrogens is 158 g/mol. The summed E-state index contributed by atoms with van der Waals surface area (Å²) in [7, 11) is 2.34. The predicted octanol–water partition coefficient (Wildman–Crippen LogP) is 2.91. The van der Waals surface area contributed by atoms with Gasteiger partial charge in [0.1, 0.15) is 0 Å². The molecule has 1 aliphatic carbocycles. The van der Waals surface area contributed by atoms with Crippen molar-refractivity contribution in [3.8, 4) is 0 Å². The Morgan fingerprint density at radius 3 is 2.62 bits per heavy atom. The van der Waals surface area contributed by atoms with Crippen LogP contribution in [0.1, 0.15) is 45.4 Å². The average molecular weight is 181 g/mol. The van der Waals surface area contributed by atoms with Gasteiger partial charge in [-0.05, 0) is 44.6 Å². The van der Waals surface area contributed by atoms with E-state index in [1.807, 2.05) is 0 Å². The fourth-order valence-corrected chi connectivity index (χ4v) is 3.32. The number of fused-ring (bicyclic) bond motifs is 1. The van der Waals surface area contributed by atoms with E-state index in [9.17, 15) is 0 Å². The van der Waals surface area contributed by atoms with Gasteiger partial charge in [-0.1, -0.05) is 19.8 Å². The van der Waals surface area contributed by atoms with Crippen LogP contribution in [-0.2, 0) is 0 Å². The van der Waals surface area contributed by atoms with Gasteiger partial charge in [0.2, 0.25) is 0 Å². The van der Waals surface area contributed by atoms with Crippen LogP contribution in [0.3, 0.4) is 0 Å². The van der Waals surface area contributed by atoms with E-state index in [0.29, 0.717) is 0 Å². The van der Waals surface area contributed by atoms with E-state index in [1.54, 1.807) is 0 Å². The summed E-state index contributed by atoms with van der Waals surface area (Å²) in [4.78, 5) is 2.64. The quantitative estimate of drug-likeness (QED) is 0.555. The summed E-state index contributed by atoms with van der Waals surface area (Å²) in [5.41, 5.74) is 0. The van der Waals surface area contributed by atoms with Crippen LogP contribution in [0.25, 0.3) is 0 Å². The van der Waals surface area contributed by atoms with E-state index < -0.39 is 0 Å². The van der Waals surface area contributed by atoms with Gasteiger partial charge in [0.15, 0.2) is 0 Å². The fourth-order valence-electron chi connectivity index (χ4n) is 3.32. The van der Waals surface area contributed by atoms with Crippen LogP contribution in [-0.4, -0.2) is 24.5 Å². The highest BCUT2D eigenvalue weighted by Crippen LogP contribution is 2.34. The molecule has 1 saturated carbocycles. The molecule has 0 amide bonds. The molecule has 0 N–H and O–H groups in total. The van der Waals surface area contributed by atoms with Gasteiger partial charge in [0.05, 0.1) is 0 Å². The minimum atomic E-state index is 0.926. The Hall–Kier alpha value is -0.0400. The standard InChI is InChI=1S/C12H23N/c1-10-7-8-11-5-3-4-6-12(11)13(2)9-10/h10-12H,3-9H2,1-2H3. The number of nitrogens with zero attached hydrogens (tertiary/aromatic N) is 1. The lowest BCUT2D eigenvalue weighted by atomic mass is 9.81. The minimum Gasteiger partial charge on any atom is -0.303 e. The first kappa shape index (κ1) is 9.51. The topological polar surface area (TPSA) is 3.24 Å². The van der Waals surface area contributed by atoms with Gasteiger partial charge in [-0.2, -0.15) is 0 Å². The Balaban J connectivity index is 2.03. The van der Waals surface area contributed by atoms with Crippen molar-refractivity contribution in [1.29, 1.82) is 0 Å². The van der Waals surface area contributed by atoms with E-state index in [2.05, 4.69) is 18.9 Å². The second-order valence-electron chi connectivity index (χ2n) is 5.23. The first-order valence-corrected chi connectivity index (χ1v) is 5.97.